The highest BCUT2D eigenvalue weighted by Gasteiger charge is 2.18. The fraction of sp³-hybridized carbons (Fsp3) is 0.333. The number of carbonyl (C=O) groups is 1. The van der Waals surface area contributed by atoms with Gasteiger partial charge >= 0.3 is 0 Å². The van der Waals surface area contributed by atoms with Gasteiger partial charge in [-0.3, -0.25) is 4.79 Å². The number of benzene rings is 1. The maximum Gasteiger partial charge on any atom is 0.255 e. The first-order chi connectivity index (χ1) is 10.2. The van der Waals surface area contributed by atoms with Crippen LogP contribution in [-0.2, 0) is 6.42 Å². The number of hydrogen-bond donors (Lipinski definition) is 2. The fourth-order valence-corrected chi connectivity index (χ4v) is 3.02. The van der Waals surface area contributed by atoms with Gasteiger partial charge in [-0.1, -0.05) is 6.07 Å². The van der Waals surface area contributed by atoms with Crippen LogP contribution in [0.3, 0.4) is 0 Å². The number of hydrogen-bond acceptors (Lipinski definition) is 5. The molecule has 2 N–H and O–H groups in total. The lowest BCUT2D eigenvalue weighted by atomic mass is 10.1. The summed E-state index contributed by atoms with van der Waals surface area (Å²) in [6.07, 6.45) is 0.748. The van der Waals surface area contributed by atoms with Gasteiger partial charge in [0.05, 0.1) is 16.3 Å². The Kier molecular flexibility index (Phi) is 4.06. The Morgan fingerprint density at radius 3 is 3.24 bits per heavy atom. The van der Waals surface area contributed by atoms with Gasteiger partial charge < -0.3 is 15.4 Å². The second kappa shape index (κ2) is 6.13. The molecule has 1 aromatic heterocycles. The number of nitrogens with zero attached hydrogens (tertiary/aromatic N) is 1. The molecule has 1 aromatic carbocycles. The molecule has 0 radical (unpaired) electrons. The Labute approximate surface area is 127 Å². The summed E-state index contributed by atoms with van der Waals surface area (Å²) in [5.41, 5.74) is 2.48. The minimum absolute atomic E-state index is 0.108. The number of aromatic nitrogens is 1. The number of thiazole rings is 1. The summed E-state index contributed by atoms with van der Waals surface area (Å²) in [6, 6.07) is 5.57. The number of fused-ring (bicyclic) bond motifs is 1. The molecular formula is C15H17N3O2S. The molecule has 0 aliphatic carbocycles. The van der Waals surface area contributed by atoms with Gasteiger partial charge in [0.25, 0.3) is 5.91 Å². The number of amides is 1. The molecule has 0 saturated heterocycles. The lowest BCUT2D eigenvalue weighted by molar-refractivity contribution is 0.0950. The molecule has 0 saturated carbocycles. The zero-order valence-electron chi connectivity index (χ0n) is 11.8. The lowest BCUT2D eigenvalue weighted by Crippen LogP contribution is -2.28. The Bertz CT molecular complexity index is 654. The van der Waals surface area contributed by atoms with Crippen LogP contribution in [-0.4, -0.2) is 30.6 Å². The maximum absolute atomic E-state index is 12.3. The van der Waals surface area contributed by atoms with E-state index in [0.717, 1.165) is 29.4 Å². The third-order valence-electron chi connectivity index (χ3n) is 3.21. The topological polar surface area (TPSA) is 63.2 Å². The summed E-state index contributed by atoms with van der Waals surface area (Å²) in [5.74, 6) is 0.537. The fourth-order valence-electron chi connectivity index (χ4n) is 2.25. The van der Waals surface area contributed by atoms with Gasteiger partial charge in [-0.05, 0) is 19.1 Å². The van der Waals surface area contributed by atoms with Crippen LogP contribution in [0.4, 0.5) is 5.69 Å². The smallest absolute Gasteiger partial charge is 0.255 e. The second-order valence-corrected chi connectivity index (χ2v) is 5.79. The quantitative estimate of drug-likeness (QED) is 0.909. The Balaban J connectivity index is 1.63. The van der Waals surface area contributed by atoms with Crippen molar-refractivity contribution in [1.82, 2.24) is 10.3 Å². The summed E-state index contributed by atoms with van der Waals surface area (Å²) in [4.78, 5) is 16.7. The molecule has 0 atom stereocenters. The normalized spacial score (nSPS) is 13.0. The summed E-state index contributed by atoms with van der Waals surface area (Å²) < 4.78 is 5.61. The zero-order valence-corrected chi connectivity index (χ0v) is 12.6. The maximum atomic E-state index is 12.3. The van der Waals surface area contributed by atoms with E-state index in [0.29, 0.717) is 24.5 Å². The molecule has 6 heteroatoms. The second-order valence-electron chi connectivity index (χ2n) is 4.85. The van der Waals surface area contributed by atoms with Crippen LogP contribution in [0.2, 0.25) is 0 Å². The van der Waals surface area contributed by atoms with E-state index >= 15 is 0 Å². The molecular weight excluding hydrogens is 286 g/mol. The molecule has 0 unspecified atom stereocenters. The van der Waals surface area contributed by atoms with Crippen LogP contribution in [0, 0.1) is 6.92 Å². The molecule has 0 spiro atoms. The van der Waals surface area contributed by atoms with Gasteiger partial charge in [0.2, 0.25) is 0 Å². The molecule has 21 heavy (non-hydrogen) atoms. The molecule has 1 aliphatic rings. The van der Waals surface area contributed by atoms with Crippen LogP contribution >= 0.6 is 11.3 Å². The van der Waals surface area contributed by atoms with Crippen molar-refractivity contribution in [2.24, 2.45) is 0 Å². The minimum Gasteiger partial charge on any atom is -0.489 e. The van der Waals surface area contributed by atoms with Crippen molar-refractivity contribution >= 4 is 22.9 Å². The first kappa shape index (κ1) is 13.9. The highest BCUT2D eigenvalue weighted by Crippen LogP contribution is 2.30. The number of ether oxygens (including phenoxy) is 1. The van der Waals surface area contributed by atoms with E-state index in [1.807, 2.05) is 24.4 Å². The van der Waals surface area contributed by atoms with E-state index in [2.05, 4.69) is 15.6 Å². The average Bonchev–Trinajstić information content (AvgIpc) is 2.92. The largest absolute Gasteiger partial charge is 0.489 e. The number of para-hydroxylation sites is 1. The number of nitrogens with one attached hydrogen (secondary N) is 2. The van der Waals surface area contributed by atoms with Gasteiger partial charge in [-0.2, -0.15) is 0 Å². The molecule has 3 rings (SSSR count). The molecule has 0 fully saturated rings. The summed E-state index contributed by atoms with van der Waals surface area (Å²) in [7, 11) is 0. The van der Waals surface area contributed by atoms with Crippen molar-refractivity contribution in [2.45, 2.75) is 13.3 Å². The zero-order chi connectivity index (χ0) is 14.7. The Morgan fingerprint density at radius 1 is 1.52 bits per heavy atom. The van der Waals surface area contributed by atoms with Crippen LogP contribution in [0.1, 0.15) is 21.1 Å². The van der Waals surface area contributed by atoms with E-state index in [9.17, 15) is 4.79 Å². The first-order valence-corrected chi connectivity index (χ1v) is 7.81. The van der Waals surface area contributed by atoms with Crippen molar-refractivity contribution in [1.29, 1.82) is 0 Å². The van der Waals surface area contributed by atoms with E-state index in [1.165, 1.54) is 0 Å². The molecule has 2 heterocycles. The molecule has 2 aromatic rings. The van der Waals surface area contributed by atoms with Gasteiger partial charge in [0, 0.05) is 30.6 Å². The average molecular weight is 303 g/mol. The first-order valence-electron chi connectivity index (χ1n) is 6.93. The highest BCUT2D eigenvalue weighted by atomic mass is 32.1. The lowest BCUT2D eigenvalue weighted by Gasteiger charge is -2.21. The highest BCUT2D eigenvalue weighted by molar-refractivity contribution is 7.09. The van der Waals surface area contributed by atoms with E-state index in [1.54, 1.807) is 17.4 Å². The van der Waals surface area contributed by atoms with Crippen molar-refractivity contribution in [3.63, 3.8) is 0 Å². The Morgan fingerprint density at radius 2 is 2.43 bits per heavy atom. The van der Waals surface area contributed by atoms with Crippen LogP contribution in [0.5, 0.6) is 5.75 Å². The van der Waals surface area contributed by atoms with Gasteiger partial charge in [-0.15, -0.1) is 11.3 Å². The van der Waals surface area contributed by atoms with Gasteiger partial charge in [0.15, 0.2) is 5.75 Å². The Hall–Kier alpha value is -2.08. The van der Waals surface area contributed by atoms with Crippen LogP contribution < -0.4 is 15.4 Å². The molecule has 5 nitrogen and oxygen atoms in total. The predicted molar refractivity (Wildman–Crippen MR) is 83.3 cm³/mol. The van der Waals surface area contributed by atoms with Gasteiger partial charge in [0.1, 0.15) is 6.61 Å². The standard InChI is InChI=1S/C15H17N3O2S/c1-10-9-21-13(18-10)5-6-17-15(19)11-3-2-4-12-14(11)20-8-7-16-12/h2-4,9,16H,5-8H2,1H3,(H,17,19). The summed E-state index contributed by atoms with van der Waals surface area (Å²) in [5, 5.41) is 9.22. The molecule has 110 valence electrons. The number of carbonyl (C=O) groups excluding carboxylic acids is 1. The van der Waals surface area contributed by atoms with Crippen molar-refractivity contribution in [3.8, 4) is 5.75 Å². The van der Waals surface area contributed by atoms with Crippen LogP contribution in [0.25, 0.3) is 0 Å². The van der Waals surface area contributed by atoms with E-state index < -0.39 is 0 Å². The predicted octanol–water partition coefficient (Wildman–Crippen LogP) is 2.23. The number of rotatable bonds is 4. The van der Waals surface area contributed by atoms with Gasteiger partial charge in [-0.25, -0.2) is 4.98 Å². The number of anilines is 1. The summed E-state index contributed by atoms with van der Waals surface area (Å²) in [6.45, 7) is 3.89. The van der Waals surface area contributed by atoms with Crippen molar-refractivity contribution < 1.29 is 9.53 Å². The third kappa shape index (κ3) is 3.16. The minimum atomic E-state index is -0.108. The third-order valence-corrected chi connectivity index (χ3v) is 4.24. The van der Waals surface area contributed by atoms with Crippen molar-refractivity contribution in [2.75, 3.05) is 25.0 Å². The van der Waals surface area contributed by atoms with Crippen molar-refractivity contribution in [3.05, 3.63) is 39.8 Å². The van der Waals surface area contributed by atoms with E-state index in [-0.39, 0.29) is 5.91 Å². The summed E-state index contributed by atoms with van der Waals surface area (Å²) >= 11 is 1.62. The molecule has 1 aliphatic heterocycles. The monoisotopic (exact) mass is 303 g/mol. The van der Waals surface area contributed by atoms with Crippen LogP contribution in [0.15, 0.2) is 23.6 Å². The molecule has 0 bridgehead atoms. The number of aryl methyl sites for hydroxylation is 1. The van der Waals surface area contributed by atoms with E-state index in [4.69, 9.17) is 4.74 Å². The molecule has 1 amide bonds. The SMILES string of the molecule is Cc1csc(CCNC(=O)c2cccc3c2OCCN3)n1.